The molecule has 0 spiro atoms. The second-order valence-corrected chi connectivity index (χ2v) is 6.58. The molecule has 1 aromatic carbocycles. The van der Waals surface area contributed by atoms with Gasteiger partial charge >= 0.3 is 5.97 Å². The fourth-order valence-corrected chi connectivity index (χ4v) is 3.10. The van der Waals surface area contributed by atoms with Crippen LogP contribution in [-0.4, -0.2) is 44.9 Å². The molecule has 29 heavy (non-hydrogen) atoms. The molecule has 0 saturated heterocycles. The number of hydrogen-bond donors (Lipinski definition) is 3. The minimum absolute atomic E-state index is 0.122. The standard InChI is InChI=1S/C20H21N5O4/c1-10-17(20(28)29-4)15(23-18(10)11(2)26)9-16(27)22-14-7-5-6-13(8-14)19-21-12(3)24-25-19/h5-8,23H,9H2,1-4H3,(H,22,27)(H,21,24,25). The fraction of sp³-hybridized carbons (Fsp3) is 0.250. The van der Waals surface area contributed by atoms with Gasteiger partial charge in [0.1, 0.15) is 5.82 Å². The van der Waals surface area contributed by atoms with Crippen molar-refractivity contribution in [3.8, 4) is 11.4 Å². The van der Waals surface area contributed by atoms with Gasteiger partial charge in [0.15, 0.2) is 11.6 Å². The lowest BCUT2D eigenvalue weighted by Crippen LogP contribution is -2.17. The molecule has 1 amide bonds. The first-order chi connectivity index (χ1) is 13.8. The molecular formula is C20H21N5O4. The number of carbonyl (C=O) groups excluding carboxylic acids is 3. The van der Waals surface area contributed by atoms with Gasteiger partial charge < -0.3 is 15.0 Å². The van der Waals surface area contributed by atoms with Crippen LogP contribution in [0.15, 0.2) is 24.3 Å². The average Bonchev–Trinajstić information content (AvgIpc) is 3.25. The van der Waals surface area contributed by atoms with Gasteiger partial charge in [-0.05, 0) is 31.5 Å². The molecule has 2 heterocycles. The number of carbonyl (C=O) groups is 3. The molecule has 0 unspecified atom stereocenters. The van der Waals surface area contributed by atoms with Crippen LogP contribution >= 0.6 is 0 Å². The highest BCUT2D eigenvalue weighted by Gasteiger charge is 2.24. The van der Waals surface area contributed by atoms with Crippen LogP contribution in [0.1, 0.15) is 44.9 Å². The molecule has 0 saturated carbocycles. The molecule has 9 nitrogen and oxygen atoms in total. The van der Waals surface area contributed by atoms with E-state index < -0.39 is 5.97 Å². The van der Waals surface area contributed by atoms with Crippen molar-refractivity contribution in [2.24, 2.45) is 0 Å². The van der Waals surface area contributed by atoms with Crippen molar-refractivity contribution in [3.63, 3.8) is 0 Å². The molecule has 0 aliphatic heterocycles. The Morgan fingerprint density at radius 1 is 1.21 bits per heavy atom. The summed E-state index contributed by atoms with van der Waals surface area (Å²) in [5, 5.41) is 9.67. The monoisotopic (exact) mass is 395 g/mol. The van der Waals surface area contributed by atoms with Crippen molar-refractivity contribution in [1.29, 1.82) is 0 Å². The number of aromatic amines is 2. The summed E-state index contributed by atoms with van der Waals surface area (Å²) in [7, 11) is 1.25. The molecule has 9 heteroatoms. The van der Waals surface area contributed by atoms with E-state index in [0.29, 0.717) is 28.6 Å². The van der Waals surface area contributed by atoms with E-state index in [2.05, 4.69) is 25.5 Å². The third kappa shape index (κ3) is 4.23. The Labute approximate surface area is 166 Å². The molecule has 0 aliphatic rings. The highest BCUT2D eigenvalue weighted by Crippen LogP contribution is 2.22. The van der Waals surface area contributed by atoms with Crippen LogP contribution in [0.2, 0.25) is 0 Å². The number of amides is 1. The smallest absolute Gasteiger partial charge is 0.339 e. The van der Waals surface area contributed by atoms with Crippen LogP contribution in [0.3, 0.4) is 0 Å². The number of ether oxygens (including phenoxy) is 1. The van der Waals surface area contributed by atoms with Crippen molar-refractivity contribution in [3.05, 3.63) is 52.6 Å². The molecule has 0 radical (unpaired) electrons. The summed E-state index contributed by atoms with van der Waals surface area (Å²) < 4.78 is 4.80. The minimum atomic E-state index is -0.601. The van der Waals surface area contributed by atoms with E-state index in [1.54, 1.807) is 32.0 Å². The van der Waals surface area contributed by atoms with Crippen molar-refractivity contribution in [2.45, 2.75) is 27.2 Å². The topological polar surface area (TPSA) is 130 Å². The van der Waals surface area contributed by atoms with E-state index in [4.69, 9.17) is 4.74 Å². The van der Waals surface area contributed by atoms with E-state index in [0.717, 1.165) is 5.56 Å². The number of rotatable bonds is 6. The van der Waals surface area contributed by atoms with E-state index in [9.17, 15) is 14.4 Å². The number of ketones is 1. The summed E-state index contributed by atoms with van der Waals surface area (Å²) in [5.74, 6) is 0.0329. The zero-order valence-corrected chi connectivity index (χ0v) is 16.5. The molecular weight excluding hydrogens is 374 g/mol. The largest absolute Gasteiger partial charge is 0.465 e. The number of hydrogen-bond acceptors (Lipinski definition) is 6. The molecule has 3 N–H and O–H groups in total. The van der Waals surface area contributed by atoms with E-state index in [1.807, 2.05) is 6.07 Å². The van der Waals surface area contributed by atoms with Gasteiger partial charge in [-0.2, -0.15) is 5.10 Å². The number of anilines is 1. The SMILES string of the molecule is COC(=O)c1c(CC(=O)Nc2cccc(-c3n[nH]c(C)n3)c2)[nH]c(C(C)=O)c1C. The molecule has 3 aromatic rings. The maximum Gasteiger partial charge on any atom is 0.339 e. The molecule has 0 atom stereocenters. The van der Waals surface area contributed by atoms with Crippen molar-refractivity contribution >= 4 is 23.3 Å². The van der Waals surface area contributed by atoms with Crippen molar-refractivity contribution in [2.75, 3.05) is 12.4 Å². The van der Waals surface area contributed by atoms with Gasteiger partial charge in [-0.15, -0.1) is 0 Å². The van der Waals surface area contributed by atoms with Gasteiger partial charge in [-0.1, -0.05) is 12.1 Å². The number of methoxy groups -OCH3 is 1. The van der Waals surface area contributed by atoms with Crippen LogP contribution in [0.25, 0.3) is 11.4 Å². The number of esters is 1. The van der Waals surface area contributed by atoms with Gasteiger partial charge in [-0.3, -0.25) is 14.7 Å². The first-order valence-electron chi connectivity index (χ1n) is 8.90. The summed E-state index contributed by atoms with van der Waals surface area (Å²) in [4.78, 5) is 43.7. The number of Topliss-reactive ketones (excluding diaryl/α,β-unsaturated/α-hetero) is 1. The highest BCUT2D eigenvalue weighted by molar-refractivity contribution is 6.02. The van der Waals surface area contributed by atoms with E-state index >= 15 is 0 Å². The third-order valence-electron chi connectivity index (χ3n) is 4.41. The Bertz CT molecular complexity index is 1100. The summed E-state index contributed by atoms with van der Waals surface area (Å²) in [6, 6.07) is 7.11. The number of aromatic nitrogens is 4. The first kappa shape index (κ1) is 20.0. The van der Waals surface area contributed by atoms with Crippen LogP contribution in [0.5, 0.6) is 0 Å². The molecule has 2 aromatic heterocycles. The van der Waals surface area contributed by atoms with Gasteiger partial charge in [0.25, 0.3) is 0 Å². The quantitative estimate of drug-likeness (QED) is 0.434. The second-order valence-electron chi connectivity index (χ2n) is 6.58. The van der Waals surface area contributed by atoms with Gasteiger partial charge in [0.2, 0.25) is 5.91 Å². The van der Waals surface area contributed by atoms with Gasteiger partial charge in [0.05, 0.1) is 24.8 Å². The maximum absolute atomic E-state index is 12.6. The first-order valence-corrected chi connectivity index (χ1v) is 8.90. The summed E-state index contributed by atoms with van der Waals surface area (Å²) >= 11 is 0. The number of nitrogens with one attached hydrogen (secondary N) is 3. The Morgan fingerprint density at radius 3 is 2.59 bits per heavy atom. The number of benzene rings is 1. The lowest BCUT2D eigenvalue weighted by atomic mass is 10.1. The van der Waals surface area contributed by atoms with Crippen LogP contribution in [0, 0.1) is 13.8 Å². The molecule has 3 rings (SSSR count). The normalized spacial score (nSPS) is 10.6. The molecule has 0 fully saturated rings. The minimum Gasteiger partial charge on any atom is -0.465 e. The summed E-state index contributed by atoms with van der Waals surface area (Å²) in [5.41, 5.74) is 2.60. The fourth-order valence-electron chi connectivity index (χ4n) is 3.10. The predicted molar refractivity (Wildman–Crippen MR) is 106 cm³/mol. The molecule has 150 valence electrons. The number of nitrogens with zero attached hydrogens (tertiary/aromatic N) is 2. The second kappa shape index (κ2) is 8.09. The average molecular weight is 395 g/mol. The van der Waals surface area contributed by atoms with Crippen molar-refractivity contribution < 1.29 is 19.1 Å². The van der Waals surface area contributed by atoms with Crippen molar-refractivity contribution in [1.82, 2.24) is 20.2 Å². The third-order valence-corrected chi connectivity index (χ3v) is 4.41. The summed E-state index contributed by atoms with van der Waals surface area (Å²) in [6.07, 6.45) is -0.122. The van der Waals surface area contributed by atoms with Gasteiger partial charge in [0, 0.05) is 23.9 Å². The Hall–Kier alpha value is -3.75. The number of aryl methyl sites for hydroxylation is 1. The van der Waals surface area contributed by atoms with Crippen LogP contribution in [0.4, 0.5) is 5.69 Å². The Kier molecular flexibility index (Phi) is 5.58. The maximum atomic E-state index is 12.6. The summed E-state index contributed by atoms with van der Waals surface area (Å²) in [6.45, 7) is 4.83. The van der Waals surface area contributed by atoms with Crippen LogP contribution in [-0.2, 0) is 16.0 Å². The number of H-pyrrole nitrogens is 2. The zero-order valence-electron chi connectivity index (χ0n) is 16.5. The lowest BCUT2D eigenvalue weighted by molar-refractivity contribution is -0.115. The highest BCUT2D eigenvalue weighted by atomic mass is 16.5. The Balaban J connectivity index is 1.82. The molecule has 0 bridgehead atoms. The molecule has 0 aliphatic carbocycles. The lowest BCUT2D eigenvalue weighted by Gasteiger charge is -2.07. The van der Waals surface area contributed by atoms with Gasteiger partial charge in [-0.25, -0.2) is 9.78 Å². The van der Waals surface area contributed by atoms with Crippen LogP contribution < -0.4 is 5.32 Å². The van der Waals surface area contributed by atoms with E-state index in [-0.39, 0.29) is 29.4 Å². The zero-order chi connectivity index (χ0) is 21.1. The predicted octanol–water partition coefficient (Wildman–Crippen LogP) is 2.59. The Morgan fingerprint density at radius 2 is 1.97 bits per heavy atom. The van der Waals surface area contributed by atoms with E-state index in [1.165, 1.54) is 14.0 Å².